The number of nitrogens with zero attached hydrogens (tertiary/aromatic N) is 1. The van der Waals surface area contributed by atoms with Crippen LogP contribution in [0.4, 0.5) is 0 Å². The van der Waals surface area contributed by atoms with Gasteiger partial charge in [0.15, 0.2) is 0 Å². The zero-order valence-corrected chi connectivity index (χ0v) is 20.3. The molecule has 2 aromatic carbocycles. The summed E-state index contributed by atoms with van der Waals surface area (Å²) in [4.78, 5) is 31.0. The third-order valence-electron chi connectivity index (χ3n) is 7.11. The molecule has 2 amide bonds. The van der Waals surface area contributed by atoms with Crippen molar-refractivity contribution in [3.8, 4) is 5.75 Å². The zero-order valence-electron chi connectivity index (χ0n) is 20.3. The molecule has 0 aliphatic carbocycles. The van der Waals surface area contributed by atoms with Crippen LogP contribution in [0, 0.1) is 11.8 Å². The molecule has 0 radical (unpaired) electrons. The van der Waals surface area contributed by atoms with E-state index in [-0.39, 0.29) is 29.7 Å². The van der Waals surface area contributed by atoms with Crippen molar-refractivity contribution in [3.63, 3.8) is 0 Å². The minimum absolute atomic E-state index is 0.0141. The lowest BCUT2D eigenvalue weighted by molar-refractivity contribution is -0.127. The van der Waals surface area contributed by atoms with E-state index in [4.69, 9.17) is 4.74 Å². The Morgan fingerprint density at radius 3 is 2.53 bits per heavy atom. The fourth-order valence-corrected chi connectivity index (χ4v) is 4.81. The SMILES string of the molecule is COc1ccc2cc(C(=O)N3CCC([C@H](C)C(=O)N[C@H](C)CCc4ccccc4)CC3)[nH]c2c1. The highest BCUT2D eigenvalue weighted by molar-refractivity contribution is 5.98. The quantitative estimate of drug-likeness (QED) is 0.506. The Balaban J connectivity index is 1.26. The Morgan fingerprint density at radius 1 is 1.09 bits per heavy atom. The van der Waals surface area contributed by atoms with Crippen molar-refractivity contribution in [3.05, 3.63) is 65.9 Å². The smallest absolute Gasteiger partial charge is 0.270 e. The number of fused-ring (bicyclic) bond motifs is 1. The Kier molecular flexibility index (Phi) is 7.56. The Morgan fingerprint density at radius 2 is 1.82 bits per heavy atom. The molecule has 180 valence electrons. The predicted molar refractivity (Wildman–Crippen MR) is 135 cm³/mol. The van der Waals surface area contributed by atoms with Crippen LogP contribution in [-0.2, 0) is 11.2 Å². The molecule has 0 unspecified atom stereocenters. The van der Waals surface area contributed by atoms with Crippen LogP contribution in [0.5, 0.6) is 5.75 Å². The molecule has 34 heavy (non-hydrogen) atoms. The third kappa shape index (κ3) is 5.61. The second-order valence-corrected chi connectivity index (χ2v) is 9.49. The van der Waals surface area contributed by atoms with Gasteiger partial charge < -0.3 is 19.9 Å². The summed E-state index contributed by atoms with van der Waals surface area (Å²) in [7, 11) is 1.63. The van der Waals surface area contributed by atoms with Gasteiger partial charge in [-0.25, -0.2) is 0 Å². The van der Waals surface area contributed by atoms with E-state index in [1.807, 2.05) is 54.3 Å². The average molecular weight is 462 g/mol. The van der Waals surface area contributed by atoms with Gasteiger partial charge in [-0.2, -0.15) is 0 Å². The van der Waals surface area contributed by atoms with E-state index in [1.165, 1.54) is 5.56 Å². The van der Waals surface area contributed by atoms with E-state index < -0.39 is 0 Å². The number of H-pyrrole nitrogens is 1. The monoisotopic (exact) mass is 461 g/mol. The fraction of sp³-hybridized carbons (Fsp3) is 0.429. The van der Waals surface area contributed by atoms with Crippen LogP contribution < -0.4 is 10.1 Å². The molecule has 1 aromatic heterocycles. The standard InChI is InChI=1S/C28H35N3O3/c1-19(9-10-21-7-5-4-6-8-21)29-27(32)20(2)22-13-15-31(16-14-22)28(33)26-17-23-11-12-24(34-3)18-25(23)30-26/h4-8,11-12,17-20,22,30H,9-10,13-16H2,1-3H3,(H,29,32)/t19-,20+/m1/s1. The molecular formula is C28H35N3O3. The van der Waals surface area contributed by atoms with E-state index in [9.17, 15) is 9.59 Å². The minimum atomic E-state index is -0.0584. The number of carbonyl (C=O) groups excluding carboxylic acids is 2. The summed E-state index contributed by atoms with van der Waals surface area (Å²) in [5.74, 6) is 1.13. The highest BCUT2D eigenvalue weighted by Crippen LogP contribution is 2.27. The van der Waals surface area contributed by atoms with Crippen LogP contribution in [-0.4, -0.2) is 47.9 Å². The number of ether oxygens (including phenoxy) is 1. The summed E-state index contributed by atoms with van der Waals surface area (Å²) in [6, 6.07) is 18.2. The van der Waals surface area contributed by atoms with E-state index in [2.05, 4.69) is 29.4 Å². The second-order valence-electron chi connectivity index (χ2n) is 9.49. The maximum atomic E-state index is 13.1. The van der Waals surface area contributed by atoms with Gasteiger partial charge in [0.25, 0.3) is 5.91 Å². The Hall–Kier alpha value is -3.28. The molecule has 4 rings (SSSR count). The first-order valence-electron chi connectivity index (χ1n) is 12.2. The predicted octanol–water partition coefficient (Wildman–Crippen LogP) is 4.80. The number of benzene rings is 2. The van der Waals surface area contributed by atoms with E-state index in [0.717, 1.165) is 42.3 Å². The van der Waals surface area contributed by atoms with Gasteiger partial charge in [-0.3, -0.25) is 9.59 Å². The van der Waals surface area contributed by atoms with Crippen molar-refractivity contribution >= 4 is 22.7 Å². The lowest BCUT2D eigenvalue weighted by Crippen LogP contribution is -2.44. The molecule has 1 aliphatic heterocycles. The number of piperidine rings is 1. The number of aromatic amines is 1. The van der Waals surface area contributed by atoms with E-state index >= 15 is 0 Å². The van der Waals surface area contributed by atoms with Crippen molar-refractivity contribution in [1.82, 2.24) is 15.2 Å². The number of methoxy groups -OCH3 is 1. The normalized spacial score (nSPS) is 16.3. The van der Waals surface area contributed by atoms with Gasteiger partial charge in [-0.1, -0.05) is 37.3 Å². The van der Waals surface area contributed by atoms with Crippen LogP contribution in [0.1, 0.15) is 49.2 Å². The van der Waals surface area contributed by atoms with Crippen molar-refractivity contribution in [1.29, 1.82) is 0 Å². The average Bonchev–Trinajstić information content (AvgIpc) is 3.30. The summed E-state index contributed by atoms with van der Waals surface area (Å²) in [6.07, 6.45) is 3.56. The molecule has 1 aliphatic rings. The summed E-state index contributed by atoms with van der Waals surface area (Å²) >= 11 is 0. The molecule has 3 aromatic rings. The topological polar surface area (TPSA) is 74.4 Å². The zero-order chi connectivity index (χ0) is 24.1. The van der Waals surface area contributed by atoms with E-state index in [0.29, 0.717) is 18.8 Å². The molecule has 6 heteroatoms. The molecule has 0 bridgehead atoms. The highest BCUT2D eigenvalue weighted by atomic mass is 16.5. The molecule has 0 saturated carbocycles. The Labute approximate surface area is 201 Å². The number of nitrogens with one attached hydrogen (secondary N) is 2. The Bertz CT molecular complexity index is 1120. The summed E-state index contributed by atoms with van der Waals surface area (Å²) < 4.78 is 5.27. The van der Waals surface area contributed by atoms with Crippen molar-refractivity contribution < 1.29 is 14.3 Å². The molecule has 1 fully saturated rings. The second kappa shape index (κ2) is 10.8. The van der Waals surface area contributed by atoms with Gasteiger partial charge in [0.1, 0.15) is 11.4 Å². The molecular weight excluding hydrogens is 426 g/mol. The minimum Gasteiger partial charge on any atom is -0.497 e. The van der Waals surface area contributed by atoms with Crippen LogP contribution in [0.3, 0.4) is 0 Å². The van der Waals surface area contributed by atoms with Crippen molar-refractivity contribution in [2.24, 2.45) is 11.8 Å². The van der Waals surface area contributed by atoms with E-state index in [1.54, 1.807) is 7.11 Å². The van der Waals surface area contributed by atoms with Crippen LogP contribution in [0.25, 0.3) is 10.9 Å². The number of aromatic nitrogens is 1. The number of likely N-dealkylation sites (tertiary alicyclic amines) is 1. The number of rotatable bonds is 8. The van der Waals surface area contributed by atoms with Crippen molar-refractivity contribution in [2.75, 3.05) is 20.2 Å². The number of hydrogen-bond acceptors (Lipinski definition) is 3. The van der Waals surface area contributed by atoms with Gasteiger partial charge in [0, 0.05) is 42.0 Å². The lowest BCUT2D eigenvalue weighted by Gasteiger charge is -2.34. The first-order valence-corrected chi connectivity index (χ1v) is 12.2. The third-order valence-corrected chi connectivity index (χ3v) is 7.11. The maximum absolute atomic E-state index is 13.1. The fourth-order valence-electron chi connectivity index (χ4n) is 4.81. The molecule has 2 atom stereocenters. The van der Waals surface area contributed by atoms with Gasteiger partial charge in [0.2, 0.25) is 5.91 Å². The number of aryl methyl sites for hydroxylation is 1. The van der Waals surface area contributed by atoms with Gasteiger partial charge in [0.05, 0.1) is 7.11 Å². The summed E-state index contributed by atoms with van der Waals surface area (Å²) in [5.41, 5.74) is 2.78. The van der Waals surface area contributed by atoms with Gasteiger partial charge >= 0.3 is 0 Å². The number of hydrogen-bond donors (Lipinski definition) is 2. The first kappa shape index (κ1) is 23.9. The largest absolute Gasteiger partial charge is 0.497 e. The van der Waals surface area contributed by atoms with Gasteiger partial charge in [-0.05, 0) is 62.3 Å². The highest BCUT2D eigenvalue weighted by Gasteiger charge is 2.31. The molecule has 0 spiro atoms. The summed E-state index contributed by atoms with van der Waals surface area (Å²) in [5, 5.41) is 4.19. The number of amides is 2. The molecule has 1 saturated heterocycles. The maximum Gasteiger partial charge on any atom is 0.270 e. The van der Waals surface area contributed by atoms with Crippen molar-refractivity contribution in [2.45, 2.75) is 45.6 Å². The molecule has 6 nitrogen and oxygen atoms in total. The lowest BCUT2D eigenvalue weighted by atomic mass is 9.84. The number of carbonyl (C=O) groups is 2. The van der Waals surface area contributed by atoms with Gasteiger partial charge in [-0.15, -0.1) is 0 Å². The first-order chi connectivity index (χ1) is 16.4. The van der Waals surface area contributed by atoms with Crippen LogP contribution in [0.2, 0.25) is 0 Å². The molecule has 2 heterocycles. The summed E-state index contributed by atoms with van der Waals surface area (Å²) in [6.45, 7) is 5.43. The van der Waals surface area contributed by atoms with Crippen LogP contribution in [0.15, 0.2) is 54.6 Å². The van der Waals surface area contributed by atoms with Crippen LogP contribution >= 0.6 is 0 Å². The molecule has 2 N–H and O–H groups in total.